The molecule has 3 rings (SSSR count). The summed E-state index contributed by atoms with van der Waals surface area (Å²) < 4.78 is 0. The Hall–Kier alpha value is -2.39. The second-order valence-electron chi connectivity index (χ2n) is 5.54. The van der Waals surface area contributed by atoms with Crippen LogP contribution in [0.1, 0.15) is 28.6 Å². The van der Waals surface area contributed by atoms with Gasteiger partial charge in [0.15, 0.2) is 0 Å². The van der Waals surface area contributed by atoms with Crippen LogP contribution in [0.2, 0.25) is 0 Å². The second kappa shape index (κ2) is 4.86. The van der Waals surface area contributed by atoms with Crippen molar-refractivity contribution < 1.29 is 0 Å². The van der Waals surface area contributed by atoms with Crippen LogP contribution in [0.4, 0.5) is 0 Å². The van der Waals surface area contributed by atoms with Gasteiger partial charge in [0.2, 0.25) is 0 Å². The molecule has 0 aliphatic rings. The molecule has 0 radical (unpaired) electrons. The summed E-state index contributed by atoms with van der Waals surface area (Å²) in [6, 6.07) is 10.0. The van der Waals surface area contributed by atoms with E-state index in [4.69, 9.17) is 5.73 Å². The van der Waals surface area contributed by atoms with Gasteiger partial charge in [-0.3, -0.25) is 0 Å². The fraction of sp³-hybridized carbons (Fsp3) is 0.167. The Bertz CT molecular complexity index is 904. The quantitative estimate of drug-likeness (QED) is 0.753. The summed E-state index contributed by atoms with van der Waals surface area (Å²) in [6.07, 6.45) is 0. The van der Waals surface area contributed by atoms with Crippen LogP contribution < -0.4 is 16.2 Å². The van der Waals surface area contributed by atoms with Crippen molar-refractivity contribution in [3.63, 3.8) is 0 Å². The van der Waals surface area contributed by atoms with Gasteiger partial charge in [-0.2, -0.15) is 0 Å². The molecule has 2 aromatic carbocycles. The van der Waals surface area contributed by atoms with Crippen LogP contribution in [0.15, 0.2) is 30.3 Å². The number of aromatic amines is 1. The lowest BCUT2D eigenvalue weighted by Crippen LogP contribution is -2.24. The van der Waals surface area contributed by atoms with Crippen molar-refractivity contribution in [3.05, 3.63) is 63.3 Å². The van der Waals surface area contributed by atoms with Crippen LogP contribution in [0.3, 0.4) is 0 Å². The average Bonchev–Trinajstić information content (AvgIpc) is 2.86. The first-order valence-corrected chi connectivity index (χ1v) is 6.96. The Labute approximate surface area is 123 Å². The number of hydrogen-bond acceptors (Lipinski definition) is 2. The van der Waals surface area contributed by atoms with Gasteiger partial charge >= 0.3 is 0 Å². The maximum atomic E-state index is 6.43. The van der Waals surface area contributed by atoms with Gasteiger partial charge in [0.05, 0.1) is 17.1 Å². The van der Waals surface area contributed by atoms with Crippen LogP contribution in [-0.2, 0) is 0 Å². The lowest BCUT2D eigenvalue weighted by atomic mass is 9.96. The number of rotatable bonds is 2. The average molecular weight is 277 g/mol. The predicted octanol–water partition coefficient (Wildman–Crippen LogP) is 2.05. The molecule has 0 bridgehead atoms. The molecule has 3 nitrogen and oxygen atoms in total. The Morgan fingerprint density at radius 3 is 2.48 bits per heavy atom. The molecule has 106 valence electrons. The van der Waals surface area contributed by atoms with E-state index in [1.807, 2.05) is 13.0 Å². The third-order valence-electron chi connectivity index (χ3n) is 3.88. The molecule has 3 aromatic rings. The smallest absolute Gasteiger partial charge is 0.104 e. The van der Waals surface area contributed by atoms with Gasteiger partial charge < -0.3 is 10.7 Å². The first kappa shape index (κ1) is 13.6. The van der Waals surface area contributed by atoms with Crippen molar-refractivity contribution in [1.82, 2.24) is 9.97 Å². The maximum Gasteiger partial charge on any atom is 0.104 e. The van der Waals surface area contributed by atoms with E-state index >= 15 is 0 Å². The molecule has 1 aromatic heterocycles. The summed E-state index contributed by atoms with van der Waals surface area (Å²) in [7, 11) is 0. The van der Waals surface area contributed by atoms with Gasteiger partial charge in [0.1, 0.15) is 5.82 Å². The highest BCUT2D eigenvalue weighted by Crippen LogP contribution is 2.18. The molecule has 3 heteroatoms. The molecule has 21 heavy (non-hydrogen) atoms. The number of nitrogens with zero attached hydrogens (tertiary/aromatic N) is 1. The second-order valence-corrected chi connectivity index (χ2v) is 5.54. The molecular weight excluding hydrogens is 258 g/mol. The molecular formula is C18H19N3. The van der Waals surface area contributed by atoms with Crippen molar-refractivity contribution in [2.75, 3.05) is 0 Å². The zero-order valence-corrected chi connectivity index (χ0v) is 12.4. The number of nitrogens with two attached hydrogens (primary N) is 1. The highest BCUT2D eigenvalue weighted by atomic mass is 14.9. The fourth-order valence-electron chi connectivity index (χ4n) is 2.66. The van der Waals surface area contributed by atoms with Gasteiger partial charge in [0.25, 0.3) is 0 Å². The molecule has 0 amide bonds. The van der Waals surface area contributed by atoms with Gasteiger partial charge in [-0.1, -0.05) is 43.0 Å². The lowest BCUT2D eigenvalue weighted by molar-refractivity contribution is 0.864. The molecule has 3 N–H and O–H groups in total. The molecule has 0 saturated heterocycles. The third-order valence-corrected chi connectivity index (χ3v) is 3.88. The van der Waals surface area contributed by atoms with Crippen molar-refractivity contribution in [2.24, 2.45) is 5.73 Å². The fourth-order valence-corrected chi connectivity index (χ4v) is 2.66. The summed E-state index contributed by atoms with van der Waals surface area (Å²) in [5, 5.41) is 1.77. The number of H-pyrrole nitrogens is 1. The van der Waals surface area contributed by atoms with Crippen LogP contribution in [-0.4, -0.2) is 9.97 Å². The van der Waals surface area contributed by atoms with Gasteiger partial charge in [-0.25, -0.2) is 4.98 Å². The number of nitrogens with one attached hydrogen (secondary N) is 1. The van der Waals surface area contributed by atoms with Gasteiger partial charge in [0, 0.05) is 0 Å². The van der Waals surface area contributed by atoms with E-state index in [1.54, 1.807) is 0 Å². The molecule has 1 heterocycles. The maximum absolute atomic E-state index is 6.43. The minimum Gasteiger partial charge on any atom is -0.342 e. The third kappa shape index (κ3) is 2.26. The van der Waals surface area contributed by atoms with E-state index in [1.165, 1.54) is 5.56 Å². The minimum atomic E-state index is -0.216. The summed E-state index contributed by atoms with van der Waals surface area (Å²) in [4.78, 5) is 7.71. The zero-order valence-electron chi connectivity index (χ0n) is 12.4. The molecule has 0 aliphatic heterocycles. The zero-order chi connectivity index (χ0) is 15.1. The monoisotopic (exact) mass is 277 g/mol. The minimum absolute atomic E-state index is 0.216. The number of imidazole rings is 1. The highest BCUT2D eigenvalue weighted by Gasteiger charge is 2.13. The summed E-state index contributed by atoms with van der Waals surface area (Å²) >= 11 is 0. The lowest BCUT2D eigenvalue weighted by Gasteiger charge is -2.14. The van der Waals surface area contributed by atoms with Crippen molar-refractivity contribution in [2.45, 2.75) is 19.9 Å². The first-order chi connectivity index (χ1) is 9.97. The number of hydrogen-bond donors (Lipinski definition) is 2. The normalized spacial score (nSPS) is 12.7. The van der Waals surface area contributed by atoms with E-state index in [0.717, 1.165) is 38.4 Å². The van der Waals surface area contributed by atoms with Crippen LogP contribution in [0.25, 0.3) is 24.2 Å². The molecule has 0 saturated carbocycles. The predicted molar refractivity (Wildman–Crippen MR) is 88.3 cm³/mol. The van der Waals surface area contributed by atoms with Gasteiger partial charge in [-0.05, 0) is 41.5 Å². The summed E-state index contributed by atoms with van der Waals surface area (Å²) in [5.41, 5.74) is 11.5. The Kier molecular flexibility index (Phi) is 3.15. The summed E-state index contributed by atoms with van der Waals surface area (Å²) in [5.74, 6) is 0.862. The van der Waals surface area contributed by atoms with Crippen LogP contribution in [0.5, 0.6) is 0 Å². The van der Waals surface area contributed by atoms with Crippen molar-refractivity contribution in [3.8, 4) is 0 Å². The van der Waals surface area contributed by atoms with E-state index < -0.39 is 0 Å². The Morgan fingerprint density at radius 1 is 1.14 bits per heavy atom. The van der Waals surface area contributed by atoms with E-state index in [-0.39, 0.29) is 6.04 Å². The molecule has 0 spiro atoms. The molecule has 0 fully saturated rings. The summed E-state index contributed by atoms with van der Waals surface area (Å²) in [6.45, 7) is 12.3. The van der Waals surface area contributed by atoms with Crippen molar-refractivity contribution in [1.29, 1.82) is 0 Å². The molecule has 0 aliphatic carbocycles. The van der Waals surface area contributed by atoms with E-state index in [0.29, 0.717) is 0 Å². The largest absolute Gasteiger partial charge is 0.342 e. The van der Waals surface area contributed by atoms with Crippen LogP contribution >= 0.6 is 0 Å². The number of fused-ring (bicyclic) bond motifs is 1. The standard InChI is InChI=1S/C18H19N3/c1-10-5-7-14(8-6-10)16(19)15-9-11(2)17-18(12(15)3)21-13(4)20-17/h5-9,16H,2-3,19H2,1,4H3,(H,20,21). The molecule has 1 atom stereocenters. The van der Waals surface area contributed by atoms with E-state index in [9.17, 15) is 0 Å². The number of benzene rings is 2. The number of aromatic nitrogens is 2. The first-order valence-electron chi connectivity index (χ1n) is 6.96. The molecule has 1 unspecified atom stereocenters. The van der Waals surface area contributed by atoms with Crippen LogP contribution in [0, 0.1) is 13.8 Å². The topological polar surface area (TPSA) is 54.7 Å². The Balaban J connectivity index is 2.20. The van der Waals surface area contributed by atoms with Crippen molar-refractivity contribution >= 4 is 24.2 Å². The Morgan fingerprint density at radius 2 is 1.81 bits per heavy atom. The SMILES string of the molecule is C=c1cc(C(N)c2ccc(C)cc2)c(=C)c2[nH]c(C)nc12. The number of aryl methyl sites for hydroxylation is 2. The van der Waals surface area contributed by atoms with Gasteiger partial charge in [-0.15, -0.1) is 0 Å². The highest BCUT2D eigenvalue weighted by molar-refractivity contribution is 5.78. The van der Waals surface area contributed by atoms with E-state index in [2.05, 4.69) is 54.3 Å².